The molecule has 1 aromatic carbocycles. The Labute approximate surface area is 71.5 Å². The normalized spacial score (nSPS) is 9.58. The molecule has 12 heavy (non-hydrogen) atoms. The quantitative estimate of drug-likeness (QED) is 0.631. The molecule has 0 unspecified atom stereocenters. The third-order valence-corrected chi connectivity index (χ3v) is 1.94. The molecule has 1 rings (SSSR count). The fourth-order valence-electron chi connectivity index (χ4n) is 1.03. The van der Waals surface area contributed by atoms with Crippen molar-refractivity contribution in [1.29, 1.82) is 0 Å². The maximum absolute atomic E-state index is 11.1. The maximum atomic E-state index is 11.1. The third kappa shape index (κ3) is 1.44. The predicted molar refractivity (Wildman–Crippen MR) is 46.2 cm³/mol. The van der Waals surface area contributed by atoms with Gasteiger partial charge in [0.15, 0.2) is 7.11 Å². The van der Waals surface area contributed by atoms with Crippen molar-refractivity contribution in [3.05, 3.63) is 34.2 Å². The van der Waals surface area contributed by atoms with Gasteiger partial charge in [0.05, 0.1) is 4.91 Å². The lowest BCUT2D eigenvalue weighted by molar-refractivity contribution is -0.737. The van der Waals surface area contributed by atoms with Crippen LogP contribution in [-0.4, -0.2) is 12.0 Å². The molecular formula is C9H12NO2+. The first-order valence-corrected chi connectivity index (χ1v) is 3.74. The zero-order valence-corrected chi connectivity index (χ0v) is 7.50. The molecule has 0 aliphatic carbocycles. The molecule has 64 valence electrons. The Balaban J connectivity index is 3.16. The maximum Gasteiger partial charge on any atom is 0.319 e. The largest absolute Gasteiger partial charge is 0.319 e. The van der Waals surface area contributed by atoms with Crippen LogP contribution in [0.15, 0.2) is 18.2 Å². The van der Waals surface area contributed by atoms with Crippen molar-refractivity contribution in [3.63, 3.8) is 0 Å². The number of nitrogens with zero attached hydrogens (tertiary/aromatic N) is 1. The van der Waals surface area contributed by atoms with Gasteiger partial charge in [0.1, 0.15) is 0 Å². The van der Waals surface area contributed by atoms with Crippen LogP contribution in [0, 0.1) is 18.8 Å². The predicted octanol–water partition coefficient (Wildman–Crippen LogP) is 2.28. The van der Waals surface area contributed by atoms with Crippen molar-refractivity contribution in [1.82, 2.24) is 0 Å². The zero-order chi connectivity index (χ0) is 9.14. The molecule has 0 radical (unpaired) electrons. The van der Waals surface area contributed by atoms with Gasteiger partial charge in [0.25, 0.3) is 4.92 Å². The van der Waals surface area contributed by atoms with Crippen LogP contribution in [0.3, 0.4) is 0 Å². The van der Waals surface area contributed by atoms with Gasteiger partial charge in [0.2, 0.25) is 0 Å². The number of benzene rings is 1. The molecule has 0 bridgehead atoms. The lowest BCUT2D eigenvalue weighted by atomic mass is 10.1. The molecule has 0 saturated heterocycles. The van der Waals surface area contributed by atoms with E-state index in [0.29, 0.717) is 10.6 Å². The minimum atomic E-state index is 0.516. The van der Waals surface area contributed by atoms with E-state index in [1.54, 1.807) is 6.07 Å². The summed E-state index contributed by atoms with van der Waals surface area (Å²) in [7, 11) is 1.36. The molecule has 0 N–H and O–H groups in total. The average molecular weight is 166 g/mol. The van der Waals surface area contributed by atoms with E-state index in [2.05, 4.69) is 4.84 Å². The van der Waals surface area contributed by atoms with E-state index >= 15 is 0 Å². The van der Waals surface area contributed by atoms with E-state index < -0.39 is 0 Å². The van der Waals surface area contributed by atoms with Crippen molar-refractivity contribution in [2.75, 3.05) is 7.11 Å². The molecule has 0 aromatic heterocycles. The first-order chi connectivity index (χ1) is 5.66. The van der Waals surface area contributed by atoms with Crippen molar-refractivity contribution in [2.24, 2.45) is 0 Å². The van der Waals surface area contributed by atoms with Gasteiger partial charge >= 0.3 is 5.69 Å². The summed E-state index contributed by atoms with van der Waals surface area (Å²) in [5, 5.41) is 0. The number of aryl methyl sites for hydroxylation is 1. The first-order valence-electron chi connectivity index (χ1n) is 3.74. The van der Waals surface area contributed by atoms with Crippen LogP contribution in [0.4, 0.5) is 5.69 Å². The smallest absolute Gasteiger partial charge is 0.230 e. The minimum absolute atomic E-state index is 0.516. The second-order valence-corrected chi connectivity index (χ2v) is 2.66. The monoisotopic (exact) mass is 166 g/mol. The Kier molecular flexibility index (Phi) is 2.43. The Morgan fingerprint density at radius 3 is 2.58 bits per heavy atom. The molecular weight excluding hydrogens is 154 g/mol. The number of rotatable bonds is 2. The lowest BCUT2D eigenvalue weighted by Crippen LogP contribution is -2.00. The highest BCUT2D eigenvalue weighted by Crippen LogP contribution is 2.20. The molecule has 1 aromatic rings. The topological polar surface area (TPSA) is 29.3 Å². The second-order valence-electron chi connectivity index (χ2n) is 2.66. The van der Waals surface area contributed by atoms with Gasteiger partial charge in [-0.15, -0.1) is 0 Å². The molecule has 0 aliphatic rings. The molecule has 0 spiro atoms. The molecule has 0 fully saturated rings. The van der Waals surface area contributed by atoms with E-state index in [4.69, 9.17) is 0 Å². The van der Waals surface area contributed by atoms with Crippen LogP contribution >= 0.6 is 0 Å². The fourth-order valence-corrected chi connectivity index (χ4v) is 1.03. The van der Waals surface area contributed by atoms with Crippen molar-refractivity contribution in [2.45, 2.75) is 13.8 Å². The molecule has 0 amide bonds. The zero-order valence-electron chi connectivity index (χ0n) is 7.50. The van der Waals surface area contributed by atoms with Gasteiger partial charge in [-0.05, 0) is 19.4 Å². The second kappa shape index (κ2) is 3.34. The van der Waals surface area contributed by atoms with Gasteiger partial charge in [-0.3, -0.25) is 0 Å². The molecule has 0 heterocycles. The molecule has 0 aliphatic heterocycles. The van der Waals surface area contributed by atoms with E-state index in [-0.39, 0.29) is 0 Å². The SMILES string of the molecule is CO[N+](=O)c1cccc(C)c1C. The molecule has 3 nitrogen and oxygen atoms in total. The van der Waals surface area contributed by atoms with Crippen LogP contribution < -0.4 is 0 Å². The van der Waals surface area contributed by atoms with E-state index in [0.717, 1.165) is 11.1 Å². The summed E-state index contributed by atoms with van der Waals surface area (Å²) in [5.74, 6) is 0. The average Bonchev–Trinajstić information content (AvgIpc) is 2.08. The Hall–Kier alpha value is -1.38. The Morgan fingerprint density at radius 2 is 2.00 bits per heavy atom. The fraction of sp³-hybridized carbons (Fsp3) is 0.333. The highest BCUT2D eigenvalue weighted by molar-refractivity contribution is 5.43. The summed E-state index contributed by atoms with van der Waals surface area (Å²) in [4.78, 5) is 16.1. The van der Waals surface area contributed by atoms with Crippen LogP contribution in [-0.2, 0) is 4.84 Å². The standard InChI is InChI=1S/C9H12NO2/c1-7-5-4-6-9(8(7)2)10(11)12-3/h4-6H,1-3H3/q+1. The summed E-state index contributed by atoms with van der Waals surface area (Å²) < 4.78 is 0. The number of hydrogen-bond acceptors (Lipinski definition) is 2. The highest BCUT2D eigenvalue weighted by atomic mass is 16.8. The Morgan fingerprint density at radius 1 is 1.33 bits per heavy atom. The van der Waals surface area contributed by atoms with Gasteiger partial charge in [-0.25, -0.2) is 4.84 Å². The third-order valence-electron chi connectivity index (χ3n) is 1.94. The van der Waals surface area contributed by atoms with Crippen LogP contribution in [0.1, 0.15) is 11.1 Å². The van der Waals surface area contributed by atoms with Crippen molar-refractivity contribution < 1.29 is 9.76 Å². The van der Waals surface area contributed by atoms with Crippen molar-refractivity contribution >= 4 is 5.69 Å². The van der Waals surface area contributed by atoms with Gasteiger partial charge < -0.3 is 0 Å². The summed E-state index contributed by atoms with van der Waals surface area (Å²) in [6.07, 6.45) is 0. The summed E-state index contributed by atoms with van der Waals surface area (Å²) in [6, 6.07) is 5.53. The van der Waals surface area contributed by atoms with Crippen LogP contribution in [0.2, 0.25) is 0 Å². The van der Waals surface area contributed by atoms with Gasteiger partial charge in [0, 0.05) is 11.6 Å². The minimum Gasteiger partial charge on any atom is -0.230 e. The van der Waals surface area contributed by atoms with Gasteiger partial charge in [-0.2, -0.15) is 0 Å². The Bertz CT molecular complexity index is 307. The van der Waals surface area contributed by atoms with Gasteiger partial charge in [-0.1, -0.05) is 12.1 Å². The van der Waals surface area contributed by atoms with Crippen LogP contribution in [0.25, 0.3) is 0 Å². The van der Waals surface area contributed by atoms with E-state index in [1.807, 2.05) is 26.0 Å². The summed E-state index contributed by atoms with van der Waals surface area (Å²) >= 11 is 0. The summed E-state index contributed by atoms with van der Waals surface area (Å²) in [6.45, 7) is 3.86. The van der Waals surface area contributed by atoms with Crippen molar-refractivity contribution in [3.8, 4) is 0 Å². The lowest BCUT2D eigenvalue weighted by Gasteiger charge is -1.97. The first kappa shape index (κ1) is 8.71. The number of hydrogen-bond donors (Lipinski definition) is 0. The van der Waals surface area contributed by atoms with E-state index in [9.17, 15) is 4.91 Å². The molecule has 0 atom stereocenters. The van der Waals surface area contributed by atoms with E-state index in [1.165, 1.54) is 7.11 Å². The molecule has 3 heteroatoms. The summed E-state index contributed by atoms with van der Waals surface area (Å²) in [5.41, 5.74) is 2.61. The highest BCUT2D eigenvalue weighted by Gasteiger charge is 2.17. The van der Waals surface area contributed by atoms with Crippen LogP contribution in [0.5, 0.6) is 0 Å². The molecule has 0 saturated carbocycles.